The Morgan fingerprint density at radius 2 is 2.43 bits per heavy atom. The average molecular weight is 228 g/mol. The van der Waals surface area contributed by atoms with Gasteiger partial charge < -0.3 is 4.57 Å². The minimum atomic E-state index is 0.569. The van der Waals surface area contributed by atoms with Crippen LogP contribution in [-0.2, 0) is 13.0 Å². The molecule has 2 heterocycles. The van der Waals surface area contributed by atoms with Crippen LogP contribution in [0.4, 0.5) is 0 Å². The van der Waals surface area contributed by atoms with E-state index >= 15 is 0 Å². The highest BCUT2D eigenvalue weighted by Crippen LogP contribution is 2.16. The molecule has 14 heavy (non-hydrogen) atoms. The maximum Gasteiger partial charge on any atom is 0.140 e. The fraction of sp³-hybridized carbons (Fsp3) is 0.333. The van der Waals surface area contributed by atoms with Crippen LogP contribution in [0.3, 0.4) is 0 Å². The largest absolute Gasteiger partial charge is 0.335 e. The Morgan fingerprint density at radius 1 is 1.57 bits per heavy atom. The molecule has 0 bridgehead atoms. The molecule has 0 saturated carbocycles. The molecule has 2 aromatic rings. The molecule has 0 N–H and O–H groups in total. The van der Waals surface area contributed by atoms with Crippen molar-refractivity contribution in [2.75, 3.05) is 0 Å². The van der Waals surface area contributed by atoms with Crippen LogP contribution >= 0.6 is 22.9 Å². The van der Waals surface area contributed by atoms with Gasteiger partial charge in [0.25, 0.3) is 0 Å². The zero-order chi connectivity index (χ0) is 9.97. The van der Waals surface area contributed by atoms with E-state index in [4.69, 9.17) is 11.6 Å². The maximum absolute atomic E-state index is 5.75. The maximum atomic E-state index is 5.75. The molecular formula is C9H10ClN3S. The van der Waals surface area contributed by atoms with Crippen molar-refractivity contribution in [3.8, 4) is 0 Å². The van der Waals surface area contributed by atoms with Gasteiger partial charge in [-0.05, 0) is 6.92 Å². The summed E-state index contributed by atoms with van der Waals surface area (Å²) in [7, 11) is 0. The minimum Gasteiger partial charge on any atom is -0.335 e. The molecule has 0 unspecified atom stereocenters. The average Bonchev–Trinajstić information content (AvgIpc) is 2.76. The third-order valence-electron chi connectivity index (χ3n) is 1.98. The summed E-state index contributed by atoms with van der Waals surface area (Å²) in [6.45, 7) is 3.04. The molecule has 2 aromatic heterocycles. The van der Waals surface area contributed by atoms with E-state index in [-0.39, 0.29) is 0 Å². The van der Waals surface area contributed by atoms with Gasteiger partial charge >= 0.3 is 0 Å². The SMILES string of the molecule is CCn1ccnc1Cc1nc(Cl)cs1. The summed E-state index contributed by atoms with van der Waals surface area (Å²) >= 11 is 7.32. The second-order valence-corrected chi connectivity index (χ2v) is 4.20. The number of rotatable bonds is 3. The molecule has 0 radical (unpaired) electrons. The first-order valence-corrected chi connectivity index (χ1v) is 5.65. The van der Waals surface area contributed by atoms with Crippen molar-refractivity contribution >= 4 is 22.9 Å². The van der Waals surface area contributed by atoms with Gasteiger partial charge in [-0.3, -0.25) is 0 Å². The number of aryl methyl sites for hydroxylation is 1. The smallest absolute Gasteiger partial charge is 0.140 e. The van der Waals surface area contributed by atoms with E-state index in [9.17, 15) is 0 Å². The Bertz CT molecular complexity index is 421. The van der Waals surface area contributed by atoms with E-state index in [1.807, 2.05) is 17.8 Å². The van der Waals surface area contributed by atoms with E-state index in [1.165, 1.54) is 0 Å². The van der Waals surface area contributed by atoms with E-state index < -0.39 is 0 Å². The van der Waals surface area contributed by atoms with Crippen LogP contribution in [0.15, 0.2) is 17.8 Å². The van der Waals surface area contributed by atoms with Gasteiger partial charge in [0.2, 0.25) is 0 Å². The van der Waals surface area contributed by atoms with Gasteiger partial charge in [0.15, 0.2) is 0 Å². The Labute approximate surface area is 91.4 Å². The molecule has 2 rings (SSSR count). The van der Waals surface area contributed by atoms with Crippen molar-refractivity contribution in [1.29, 1.82) is 0 Å². The lowest BCUT2D eigenvalue weighted by Gasteiger charge is -2.01. The van der Waals surface area contributed by atoms with E-state index in [0.717, 1.165) is 23.8 Å². The van der Waals surface area contributed by atoms with Gasteiger partial charge in [0.05, 0.1) is 6.42 Å². The predicted octanol–water partition coefficient (Wildman–Crippen LogP) is 2.60. The lowest BCUT2D eigenvalue weighted by Crippen LogP contribution is -2.01. The van der Waals surface area contributed by atoms with Crippen LogP contribution in [-0.4, -0.2) is 14.5 Å². The van der Waals surface area contributed by atoms with Crippen LogP contribution in [0, 0.1) is 0 Å². The zero-order valence-corrected chi connectivity index (χ0v) is 9.35. The van der Waals surface area contributed by atoms with Crippen LogP contribution in [0.5, 0.6) is 0 Å². The Kier molecular flexibility index (Phi) is 2.84. The number of nitrogens with zero attached hydrogens (tertiary/aromatic N) is 3. The topological polar surface area (TPSA) is 30.7 Å². The summed E-state index contributed by atoms with van der Waals surface area (Å²) in [4.78, 5) is 8.47. The van der Waals surface area contributed by atoms with Crippen LogP contribution in [0.2, 0.25) is 5.15 Å². The number of hydrogen-bond donors (Lipinski definition) is 0. The van der Waals surface area contributed by atoms with Crippen LogP contribution in [0.25, 0.3) is 0 Å². The van der Waals surface area contributed by atoms with Gasteiger partial charge in [0.1, 0.15) is 16.0 Å². The lowest BCUT2D eigenvalue weighted by molar-refractivity contribution is 0.711. The summed E-state index contributed by atoms with van der Waals surface area (Å²) in [5.74, 6) is 1.04. The van der Waals surface area contributed by atoms with E-state index in [0.29, 0.717) is 5.15 Å². The quantitative estimate of drug-likeness (QED) is 0.807. The molecule has 3 nitrogen and oxygen atoms in total. The molecular weight excluding hydrogens is 218 g/mol. The molecule has 0 aliphatic heterocycles. The van der Waals surface area contributed by atoms with Crippen molar-refractivity contribution in [2.45, 2.75) is 19.9 Å². The Balaban J connectivity index is 2.18. The minimum absolute atomic E-state index is 0.569. The normalized spacial score (nSPS) is 10.7. The molecule has 74 valence electrons. The fourth-order valence-electron chi connectivity index (χ4n) is 1.30. The molecule has 0 fully saturated rings. The molecule has 0 saturated heterocycles. The highest BCUT2D eigenvalue weighted by molar-refractivity contribution is 7.10. The summed E-state index contributed by atoms with van der Waals surface area (Å²) in [5, 5.41) is 3.42. The Hall–Kier alpha value is -0.870. The number of thiazole rings is 1. The van der Waals surface area contributed by atoms with Gasteiger partial charge in [-0.2, -0.15) is 0 Å². The molecule has 0 aliphatic carbocycles. The van der Waals surface area contributed by atoms with Crippen LogP contribution in [0.1, 0.15) is 17.8 Å². The summed E-state index contributed by atoms with van der Waals surface area (Å²) in [6, 6.07) is 0. The first kappa shape index (κ1) is 9.68. The van der Waals surface area contributed by atoms with Crippen molar-refractivity contribution in [3.05, 3.63) is 33.8 Å². The second kappa shape index (κ2) is 4.11. The highest BCUT2D eigenvalue weighted by atomic mass is 35.5. The molecule has 0 aliphatic rings. The highest BCUT2D eigenvalue weighted by Gasteiger charge is 2.05. The number of hydrogen-bond acceptors (Lipinski definition) is 3. The van der Waals surface area contributed by atoms with Crippen molar-refractivity contribution < 1.29 is 0 Å². The third-order valence-corrected chi connectivity index (χ3v) is 3.15. The van der Waals surface area contributed by atoms with E-state index in [2.05, 4.69) is 21.5 Å². The number of imidazole rings is 1. The fourth-order valence-corrected chi connectivity index (χ4v) is 2.24. The molecule has 0 amide bonds. The molecule has 0 atom stereocenters. The predicted molar refractivity (Wildman–Crippen MR) is 57.8 cm³/mol. The summed E-state index contributed by atoms with van der Waals surface area (Å²) < 4.78 is 2.11. The second-order valence-electron chi connectivity index (χ2n) is 2.87. The van der Waals surface area contributed by atoms with Crippen molar-refractivity contribution in [2.24, 2.45) is 0 Å². The summed E-state index contributed by atoms with van der Waals surface area (Å²) in [5.41, 5.74) is 0. The van der Waals surface area contributed by atoms with Gasteiger partial charge in [-0.15, -0.1) is 11.3 Å². The van der Waals surface area contributed by atoms with E-state index in [1.54, 1.807) is 11.3 Å². The number of aromatic nitrogens is 3. The van der Waals surface area contributed by atoms with Crippen molar-refractivity contribution in [3.63, 3.8) is 0 Å². The van der Waals surface area contributed by atoms with Gasteiger partial charge in [0, 0.05) is 24.3 Å². The van der Waals surface area contributed by atoms with Crippen molar-refractivity contribution in [1.82, 2.24) is 14.5 Å². The van der Waals surface area contributed by atoms with Gasteiger partial charge in [-0.1, -0.05) is 11.6 Å². The molecule has 0 spiro atoms. The molecule has 0 aromatic carbocycles. The Morgan fingerprint density at radius 3 is 3.07 bits per heavy atom. The van der Waals surface area contributed by atoms with Crippen LogP contribution < -0.4 is 0 Å². The standard InChI is InChI=1S/C9H10ClN3S/c1-2-13-4-3-11-8(13)5-9-12-7(10)6-14-9/h3-4,6H,2,5H2,1H3. The number of halogens is 1. The first-order valence-electron chi connectivity index (χ1n) is 4.39. The molecule has 5 heteroatoms. The lowest BCUT2D eigenvalue weighted by atomic mass is 10.4. The monoisotopic (exact) mass is 227 g/mol. The third kappa shape index (κ3) is 1.96. The zero-order valence-electron chi connectivity index (χ0n) is 7.77. The first-order chi connectivity index (χ1) is 6.79. The summed E-state index contributed by atoms with van der Waals surface area (Å²) in [6.07, 6.45) is 4.55. The van der Waals surface area contributed by atoms with Gasteiger partial charge in [-0.25, -0.2) is 9.97 Å².